The van der Waals surface area contributed by atoms with E-state index in [1.807, 2.05) is 30.7 Å². The predicted octanol–water partition coefficient (Wildman–Crippen LogP) is 4.65. The van der Waals surface area contributed by atoms with Crippen LogP contribution in [0.25, 0.3) is 22.0 Å². The van der Waals surface area contributed by atoms with E-state index in [4.69, 9.17) is 16.6 Å². The zero-order valence-electron chi connectivity index (χ0n) is 22.2. The monoisotopic (exact) mass is 556 g/mol. The van der Waals surface area contributed by atoms with Crippen LogP contribution < -0.4 is 9.80 Å². The smallest absolute Gasteiger partial charge is 0.246 e. The number of fused-ring (bicyclic) bond motifs is 1. The average molecular weight is 557 g/mol. The van der Waals surface area contributed by atoms with Gasteiger partial charge in [0.2, 0.25) is 11.9 Å². The Kier molecular flexibility index (Phi) is 7.35. The highest BCUT2D eigenvalue weighted by atomic mass is 35.5. The number of halogens is 3. The van der Waals surface area contributed by atoms with Crippen LogP contribution in [0.1, 0.15) is 20.3 Å². The number of hydrogen-bond donors (Lipinski definition) is 1. The maximum atomic E-state index is 16.4. The van der Waals surface area contributed by atoms with Crippen LogP contribution in [0.5, 0.6) is 5.75 Å². The molecule has 39 heavy (non-hydrogen) atoms. The minimum absolute atomic E-state index is 0.0188. The molecule has 0 unspecified atom stereocenters. The Balaban J connectivity index is 1.72. The Labute approximate surface area is 231 Å². The number of benzene rings is 2. The van der Waals surface area contributed by atoms with Crippen molar-refractivity contribution in [2.75, 3.05) is 49.7 Å². The van der Waals surface area contributed by atoms with E-state index in [0.29, 0.717) is 43.5 Å². The summed E-state index contributed by atoms with van der Waals surface area (Å²) in [7, 11) is 1.99. The van der Waals surface area contributed by atoms with Crippen molar-refractivity contribution in [3.05, 3.63) is 53.6 Å². The molecule has 3 aromatic rings. The summed E-state index contributed by atoms with van der Waals surface area (Å²) in [4.78, 5) is 29.9. The van der Waals surface area contributed by atoms with Crippen molar-refractivity contribution in [2.24, 2.45) is 0 Å². The van der Waals surface area contributed by atoms with Crippen molar-refractivity contribution >= 4 is 40.2 Å². The second-order valence-corrected chi connectivity index (χ2v) is 10.7. The van der Waals surface area contributed by atoms with E-state index >= 15 is 4.39 Å². The fourth-order valence-corrected chi connectivity index (χ4v) is 5.78. The van der Waals surface area contributed by atoms with Crippen molar-refractivity contribution in [2.45, 2.75) is 32.4 Å². The molecule has 0 aliphatic carbocycles. The van der Waals surface area contributed by atoms with E-state index < -0.39 is 17.4 Å². The topological polar surface area (TPSA) is 76.0 Å². The molecule has 2 fully saturated rings. The van der Waals surface area contributed by atoms with Crippen LogP contribution in [0.4, 0.5) is 20.5 Å². The summed E-state index contributed by atoms with van der Waals surface area (Å²) in [6.45, 7) is 10.6. The first-order chi connectivity index (χ1) is 18.6. The minimum atomic E-state index is -0.839. The molecule has 0 saturated carbocycles. The van der Waals surface area contributed by atoms with E-state index in [1.54, 1.807) is 4.90 Å². The number of carbonyl (C=O) groups is 1. The molecule has 2 saturated heterocycles. The first-order valence-electron chi connectivity index (χ1n) is 12.9. The summed E-state index contributed by atoms with van der Waals surface area (Å²) in [5.74, 6) is -1.38. The summed E-state index contributed by atoms with van der Waals surface area (Å²) < 4.78 is 31.2. The third-order valence-corrected chi connectivity index (χ3v) is 7.77. The first kappa shape index (κ1) is 27.1. The van der Waals surface area contributed by atoms with Crippen LogP contribution in [0.3, 0.4) is 0 Å². The number of rotatable bonds is 4. The van der Waals surface area contributed by atoms with Gasteiger partial charge in [-0.25, -0.2) is 13.8 Å². The molecule has 5 rings (SSSR count). The molecule has 3 heterocycles. The third-order valence-electron chi connectivity index (χ3n) is 7.47. The maximum Gasteiger partial charge on any atom is 0.246 e. The van der Waals surface area contributed by atoms with Gasteiger partial charge in [0.15, 0.2) is 5.82 Å². The number of nitrogens with zero attached hydrogens (tertiary/aromatic N) is 6. The van der Waals surface area contributed by atoms with Crippen molar-refractivity contribution < 1.29 is 18.7 Å². The Hall–Kier alpha value is -3.50. The van der Waals surface area contributed by atoms with E-state index in [-0.39, 0.29) is 39.7 Å². The lowest BCUT2D eigenvalue weighted by Crippen LogP contribution is -2.58. The van der Waals surface area contributed by atoms with Gasteiger partial charge in [-0.2, -0.15) is 4.98 Å². The molecule has 1 aromatic heterocycles. The molecule has 0 bridgehead atoms. The largest absolute Gasteiger partial charge is 0.507 e. The van der Waals surface area contributed by atoms with E-state index in [2.05, 4.69) is 16.5 Å². The normalized spacial score (nSPS) is 20.5. The van der Waals surface area contributed by atoms with Gasteiger partial charge in [-0.05, 0) is 51.6 Å². The number of hydrogen-bond acceptors (Lipinski definition) is 7. The summed E-state index contributed by atoms with van der Waals surface area (Å²) in [6, 6.07) is 4.98. The SMILES string of the molecule is C=CC(=O)N1C[C@H](C)N(c2nc(N3CCCN(C)C3)nc3c(F)c(-c4c(O)cccc4F)c(Cl)cc23)C[C@H]1C. The van der Waals surface area contributed by atoms with Crippen LogP contribution in [-0.4, -0.2) is 82.8 Å². The number of aromatic nitrogens is 2. The lowest BCUT2D eigenvalue weighted by atomic mass is 10.00. The molecule has 206 valence electrons. The number of phenolic OH excluding ortho intramolecular Hbond substituents is 1. The van der Waals surface area contributed by atoms with Crippen LogP contribution in [0.2, 0.25) is 5.02 Å². The van der Waals surface area contributed by atoms with Gasteiger partial charge >= 0.3 is 0 Å². The summed E-state index contributed by atoms with van der Waals surface area (Å²) in [6.07, 6.45) is 2.19. The molecular formula is C28H31ClF2N6O2. The zero-order valence-corrected chi connectivity index (χ0v) is 22.9. The maximum absolute atomic E-state index is 16.4. The van der Waals surface area contributed by atoms with Crippen LogP contribution in [0, 0.1) is 11.6 Å². The number of piperazine rings is 1. The van der Waals surface area contributed by atoms with Crippen molar-refractivity contribution in [3.63, 3.8) is 0 Å². The summed E-state index contributed by atoms with van der Waals surface area (Å²) in [5, 5.41) is 10.7. The average Bonchev–Trinajstić information content (AvgIpc) is 2.90. The first-order valence-corrected chi connectivity index (χ1v) is 13.3. The Morgan fingerprint density at radius 3 is 2.62 bits per heavy atom. The highest BCUT2D eigenvalue weighted by Crippen LogP contribution is 2.43. The summed E-state index contributed by atoms with van der Waals surface area (Å²) in [5.41, 5.74) is -0.594. The van der Waals surface area contributed by atoms with E-state index in [9.17, 15) is 14.3 Å². The lowest BCUT2D eigenvalue weighted by Gasteiger charge is -2.45. The van der Waals surface area contributed by atoms with Gasteiger partial charge in [0.1, 0.15) is 22.9 Å². The van der Waals surface area contributed by atoms with Gasteiger partial charge in [-0.1, -0.05) is 24.2 Å². The van der Waals surface area contributed by atoms with E-state index in [0.717, 1.165) is 19.0 Å². The number of anilines is 2. The van der Waals surface area contributed by atoms with Gasteiger partial charge in [0.05, 0.1) is 17.3 Å². The molecule has 2 aromatic carbocycles. The standard InChI is InChI=1S/C28H31ClF2N6O2/c1-5-22(39)36-13-17(3)37(14-16(36)2)27-18-12-19(29)23(24-20(30)8-6-9-21(24)38)25(31)26(18)32-28(33-27)35-11-7-10-34(4)15-35/h5-6,8-9,12,16-17,38H,1,7,10-11,13-15H2,2-4H3/t16-,17+/m1/s1. The fourth-order valence-electron chi connectivity index (χ4n) is 5.49. The van der Waals surface area contributed by atoms with Gasteiger partial charge in [-0.15, -0.1) is 0 Å². The third kappa shape index (κ3) is 4.87. The Bertz CT molecular complexity index is 1430. The van der Waals surface area contributed by atoms with Crippen LogP contribution in [-0.2, 0) is 4.79 Å². The van der Waals surface area contributed by atoms with Gasteiger partial charge in [0.25, 0.3) is 0 Å². The molecule has 8 nitrogen and oxygen atoms in total. The molecule has 2 aliphatic rings. The van der Waals surface area contributed by atoms with Gasteiger partial charge < -0.3 is 19.8 Å². The highest BCUT2D eigenvalue weighted by molar-refractivity contribution is 6.34. The molecule has 1 amide bonds. The van der Waals surface area contributed by atoms with E-state index in [1.165, 1.54) is 24.3 Å². The second-order valence-electron chi connectivity index (χ2n) is 10.3. The molecule has 0 radical (unpaired) electrons. The van der Waals surface area contributed by atoms with Crippen molar-refractivity contribution in [1.29, 1.82) is 0 Å². The molecule has 0 spiro atoms. The second kappa shape index (κ2) is 10.6. The van der Waals surface area contributed by atoms with Crippen molar-refractivity contribution in [3.8, 4) is 16.9 Å². The summed E-state index contributed by atoms with van der Waals surface area (Å²) >= 11 is 6.58. The molecule has 1 N–H and O–H groups in total. The fraction of sp³-hybridized carbons (Fsp3) is 0.393. The Morgan fingerprint density at radius 2 is 1.92 bits per heavy atom. The molecule has 11 heteroatoms. The van der Waals surface area contributed by atoms with Crippen LogP contribution >= 0.6 is 11.6 Å². The number of aromatic hydroxyl groups is 1. The molecule has 2 atom stereocenters. The number of amides is 1. The lowest BCUT2D eigenvalue weighted by molar-refractivity contribution is -0.128. The van der Waals surface area contributed by atoms with Gasteiger partial charge in [0, 0.05) is 49.2 Å². The predicted molar refractivity (Wildman–Crippen MR) is 149 cm³/mol. The quantitative estimate of drug-likeness (QED) is 0.469. The molecular weight excluding hydrogens is 526 g/mol. The Morgan fingerprint density at radius 1 is 1.15 bits per heavy atom. The molecule has 2 aliphatic heterocycles. The highest BCUT2D eigenvalue weighted by Gasteiger charge is 2.34. The van der Waals surface area contributed by atoms with Crippen LogP contribution in [0.15, 0.2) is 36.9 Å². The van der Waals surface area contributed by atoms with Crippen molar-refractivity contribution in [1.82, 2.24) is 19.8 Å². The zero-order chi connectivity index (χ0) is 28.0. The minimum Gasteiger partial charge on any atom is -0.507 e. The number of carbonyl (C=O) groups excluding carboxylic acids is 1. The number of phenols is 1. The van der Waals surface area contributed by atoms with Gasteiger partial charge in [-0.3, -0.25) is 9.69 Å².